The summed E-state index contributed by atoms with van der Waals surface area (Å²) in [6.45, 7) is 24.6. The molecule has 0 heterocycles. The molecule has 166 valence electrons. The van der Waals surface area contributed by atoms with Crippen molar-refractivity contribution in [3.8, 4) is 0 Å². The monoisotopic (exact) mass is 430 g/mol. The Hall–Kier alpha value is 0.0138. The third-order valence-electron chi connectivity index (χ3n) is 7.03. The van der Waals surface area contributed by atoms with Crippen LogP contribution in [0.1, 0.15) is 68.7 Å². The van der Waals surface area contributed by atoms with E-state index < -0.39 is 34.9 Å². The van der Waals surface area contributed by atoms with E-state index >= 15 is 0 Å². The predicted molar refractivity (Wildman–Crippen MR) is 124 cm³/mol. The molecule has 6 heteroatoms. The largest absolute Gasteiger partial charge is 0.410 e. The van der Waals surface area contributed by atoms with Gasteiger partial charge in [-0.1, -0.05) is 74.5 Å². The van der Waals surface area contributed by atoms with Crippen LogP contribution in [0.25, 0.3) is 0 Å². The Morgan fingerprint density at radius 2 is 1.32 bits per heavy atom. The van der Waals surface area contributed by atoms with E-state index in [4.69, 9.17) is 8.85 Å². The van der Waals surface area contributed by atoms with Crippen molar-refractivity contribution >= 4 is 16.6 Å². The number of hydrogen-bond donors (Lipinski definition) is 2. The minimum atomic E-state index is -2.18. The Kier molecular flexibility index (Phi) is 8.78. The van der Waals surface area contributed by atoms with Gasteiger partial charge in [0.1, 0.15) is 12.2 Å². The van der Waals surface area contributed by atoms with Gasteiger partial charge in [0.2, 0.25) is 8.32 Å². The van der Waals surface area contributed by atoms with E-state index in [1.54, 1.807) is 6.08 Å². The number of hydrogen-bond acceptors (Lipinski definition) is 4. The fraction of sp³-hybridized carbons (Fsp3) is 0.909. The molecule has 0 unspecified atom stereocenters. The van der Waals surface area contributed by atoms with Gasteiger partial charge in [-0.05, 0) is 34.8 Å². The van der Waals surface area contributed by atoms with Gasteiger partial charge in [0.25, 0.3) is 0 Å². The van der Waals surface area contributed by atoms with Crippen LogP contribution in [0, 0.1) is 0 Å². The molecule has 0 aliphatic heterocycles. The Morgan fingerprint density at radius 3 is 1.71 bits per heavy atom. The van der Waals surface area contributed by atoms with Crippen LogP contribution in [0.3, 0.4) is 0 Å². The highest BCUT2D eigenvalue weighted by Crippen LogP contribution is 2.44. The van der Waals surface area contributed by atoms with Gasteiger partial charge in [0.05, 0.1) is 12.2 Å². The minimum absolute atomic E-state index is 0.104. The highest BCUT2D eigenvalue weighted by atomic mass is 28.4. The summed E-state index contributed by atoms with van der Waals surface area (Å²) in [6, 6.07) is 0. The molecule has 0 aromatic heterocycles. The van der Waals surface area contributed by atoms with E-state index in [9.17, 15) is 10.2 Å². The summed E-state index contributed by atoms with van der Waals surface area (Å²) < 4.78 is 13.5. The molecule has 0 amide bonds. The lowest BCUT2D eigenvalue weighted by molar-refractivity contribution is -0.0436. The lowest BCUT2D eigenvalue weighted by Gasteiger charge is -2.46. The minimum Gasteiger partial charge on any atom is -0.410 e. The van der Waals surface area contributed by atoms with Crippen LogP contribution in [-0.2, 0) is 8.85 Å². The van der Waals surface area contributed by atoms with E-state index in [-0.39, 0.29) is 11.1 Å². The van der Waals surface area contributed by atoms with Crippen LogP contribution in [-0.4, -0.2) is 51.3 Å². The summed E-state index contributed by atoms with van der Waals surface area (Å²) in [6.07, 6.45) is 1.80. The van der Waals surface area contributed by atoms with E-state index in [1.165, 1.54) is 0 Å². The Labute approximate surface area is 176 Å². The summed E-state index contributed by atoms with van der Waals surface area (Å²) in [5.74, 6) is 0. The Bertz CT molecular complexity index is 501. The normalized spacial score (nSPS) is 27.7. The first-order chi connectivity index (χ1) is 12.6. The zero-order valence-electron chi connectivity index (χ0n) is 20.1. The molecule has 0 fully saturated rings. The van der Waals surface area contributed by atoms with Gasteiger partial charge in [0, 0.05) is 6.42 Å². The van der Waals surface area contributed by atoms with Crippen LogP contribution in [0.4, 0.5) is 0 Å². The predicted octanol–water partition coefficient (Wildman–Crippen LogP) is 5.62. The SMILES string of the molecule is CC(C)[Si](O[C@H]1C[C@@H](O[Si](C)(C)C(C)(C)C)C=C[C@@H](O)[C@@H]1O)(C(C)C)C(C)C. The van der Waals surface area contributed by atoms with E-state index in [0.29, 0.717) is 23.0 Å². The van der Waals surface area contributed by atoms with Crippen LogP contribution in [0.15, 0.2) is 12.2 Å². The maximum absolute atomic E-state index is 10.9. The molecule has 0 aromatic carbocycles. The van der Waals surface area contributed by atoms with Crippen molar-refractivity contribution in [3.05, 3.63) is 12.2 Å². The summed E-state index contributed by atoms with van der Waals surface area (Å²) in [5.41, 5.74) is 1.27. The third-order valence-corrected chi connectivity index (χ3v) is 17.7. The molecule has 0 spiro atoms. The van der Waals surface area contributed by atoms with Gasteiger partial charge in [-0.25, -0.2) is 0 Å². The molecule has 0 aromatic rings. The van der Waals surface area contributed by atoms with Crippen molar-refractivity contribution in [2.75, 3.05) is 0 Å². The van der Waals surface area contributed by atoms with E-state index in [0.717, 1.165) is 0 Å². The molecule has 2 N–H and O–H groups in total. The summed E-state index contributed by atoms with van der Waals surface area (Å²) in [5, 5.41) is 21.4. The molecule has 0 radical (unpaired) electrons. The lowest BCUT2D eigenvalue weighted by Crippen LogP contribution is -2.54. The maximum Gasteiger partial charge on any atom is 0.200 e. The maximum atomic E-state index is 10.9. The zero-order valence-corrected chi connectivity index (χ0v) is 22.1. The molecule has 1 aliphatic rings. The average molecular weight is 431 g/mol. The quantitative estimate of drug-likeness (QED) is 0.406. The van der Waals surface area contributed by atoms with Crippen molar-refractivity contribution in [1.29, 1.82) is 0 Å². The zero-order chi connectivity index (χ0) is 22.1. The van der Waals surface area contributed by atoms with Gasteiger partial charge in [-0.2, -0.15) is 0 Å². The second-order valence-corrected chi connectivity index (χ2v) is 21.2. The van der Waals surface area contributed by atoms with E-state index in [1.807, 2.05) is 6.08 Å². The summed E-state index contributed by atoms with van der Waals surface area (Å²) >= 11 is 0. The second-order valence-electron chi connectivity index (χ2n) is 11.0. The molecule has 4 nitrogen and oxygen atoms in total. The Morgan fingerprint density at radius 1 is 0.857 bits per heavy atom. The van der Waals surface area contributed by atoms with Gasteiger partial charge in [0.15, 0.2) is 8.32 Å². The molecule has 1 aliphatic carbocycles. The highest BCUT2D eigenvalue weighted by molar-refractivity contribution is 6.77. The molecule has 0 bridgehead atoms. The lowest BCUT2D eigenvalue weighted by atomic mass is 10.1. The first-order valence-corrected chi connectivity index (χ1v) is 16.0. The molecule has 28 heavy (non-hydrogen) atoms. The van der Waals surface area contributed by atoms with Crippen LogP contribution < -0.4 is 0 Å². The molecule has 1 rings (SSSR count). The third kappa shape index (κ3) is 5.58. The highest BCUT2D eigenvalue weighted by Gasteiger charge is 2.49. The van der Waals surface area contributed by atoms with Gasteiger partial charge in [-0.15, -0.1) is 0 Å². The standard InChI is InChI=1S/C22H46O4Si2/c1-15(2)28(16(3)4,17(5)6)26-20-14-18(12-13-19(23)21(20)24)25-27(10,11)22(7,8)9/h12-13,15-21,23-24H,14H2,1-11H3/t18-,19+,20-,21-/m0/s1. The van der Waals surface area contributed by atoms with Gasteiger partial charge >= 0.3 is 0 Å². The molecule has 0 saturated carbocycles. The first kappa shape index (κ1) is 26.0. The number of aliphatic hydroxyl groups excluding tert-OH is 2. The topological polar surface area (TPSA) is 58.9 Å². The fourth-order valence-electron chi connectivity index (χ4n) is 4.45. The Balaban J connectivity index is 3.19. The van der Waals surface area contributed by atoms with Crippen molar-refractivity contribution < 1.29 is 19.1 Å². The average Bonchev–Trinajstić information content (AvgIpc) is 2.63. The van der Waals surface area contributed by atoms with E-state index in [2.05, 4.69) is 75.4 Å². The number of rotatable bonds is 7. The van der Waals surface area contributed by atoms with Crippen LogP contribution in [0.5, 0.6) is 0 Å². The van der Waals surface area contributed by atoms with Crippen molar-refractivity contribution in [3.63, 3.8) is 0 Å². The second kappa shape index (κ2) is 9.44. The first-order valence-electron chi connectivity index (χ1n) is 11.0. The molecular weight excluding hydrogens is 384 g/mol. The van der Waals surface area contributed by atoms with Crippen molar-refractivity contribution in [2.45, 2.75) is 128 Å². The van der Waals surface area contributed by atoms with Crippen LogP contribution in [0.2, 0.25) is 34.8 Å². The summed E-state index contributed by atoms with van der Waals surface area (Å²) in [7, 11) is -4.15. The molecular formula is C22H46O4Si2. The number of aliphatic hydroxyl groups is 2. The van der Waals surface area contributed by atoms with Gasteiger partial charge in [-0.3, -0.25) is 0 Å². The van der Waals surface area contributed by atoms with Crippen molar-refractivity contribution in [1.82, 2.24) is 0 Å². The fourth-order valence-corrected chi connectivity index (χ4v) is 11.3. The van der Waals surface area contributed by atoms with Gasteiger partial charge < -0.3 is 19.1 Å². The summed E-state index contributed by atoms with van der Waals surface area (Å²) in [4.78, 5) is 0. The molecule has 0 saturated heterocycles. The van der Waals surface area contributed by atoms with Crippen molar-refractivity contribution in [2.24, 2.45) is 0 Å². The smallest absolute Gasteiger partial charge is 0.200 e. The molecule has 4 atom stereocenters. The van der Waals surface area contributed by atoms with Crippen LogP contribution >= 0.6 is 0 Å².